The molecule has 0 saturated carbocycles. The highest BCUT2D eigenvalue weighted by molar-refractivity contribution is 5.94. The first-order valence-electron chi connectivity index (χ1n) is 5.75. The van der Waals surface area contributed by atoms with Gasteiger partial charge in [0.2, 0.25) is 11.8 Å². The summed E-state index contributed by atoms with van der Waals surface area (Å²) in [4.78, 5) is 33.0. The summed E-state index contributed by atoms with van der Waals surface area (Å²) in [6.45, 7) is 7.24. The zero-order valence-corrected chi connectivity index (χ0v) is 11.0. The van der Waals surface area contributed by atoms with Gasteiger partial charge in [-0.15, -0.1) is 0 Å². The van der Waals surface area contributed by atoms with E-state index in [-0.39, 0.29) is 11.8 Å². The smallest absolute Gasteiger partial charge is 0.228 e. The molecule has 2 amide bonds. The van der Waals surface area contributed by atoms with Crippen LogP contribution in [0.25, 0.3) is 0 Å². The van der Waals surface area contributed by atoms with Crippen molar-refractivity contribution in [1.29, 1.82) is 0 Å². The molecule has 4 nitrogen and oxygen atoms in total. The Bertz CT molecular complexity index is 214. The van der Waals surface area contributed by atoms with Crippen LogP contribution in [0.1, 0.15) is 53.4 Å². The minimum absolute atomic E-state index is 0.119. The summed E-state index contributed by atoms with van der Waals surface area (Å²) in [5.74, 6) is 0.105. The maximum absolute atomic E-state index is 10.8. The molecule has 0 spiro atoms. The van der Waals surface area contributed by atoms with Crippen LogP contribution in [-0.2, 0) is 14.4 Å². The highest BCUT2D eigenvalue weighted by atomic mass is 16.2. The fourth-order valence-corrected chi connectivity index (χ4v) is 0.863. The first-order valence-corrected chi connectivity index (χ1v) is 5.75. The highest BCUT2D eigenvalue weighted by Gasteiger charge is 2.11. The van der Waals surface area contributed by atoms with Crippen LogP contribution in [0.4, 0.5) is 0 Å². The third-order valence-corrected chi connectivity index (χ3v) is 2.14. The molecular formula is C12H23NO3. The summed E-state index contributed by atoms with van der Waals surface area (Å²) in [7, 11) is 1.51. The first kappa shape index (κ1) is 17.2. The van der Waals surface area contributed by atoms with Gasteiger partial charge in [0, 0.05) is 32.7 Å². The fourth-order valence-electron chi connectivity index (χ4n) is 0.863. The van der Waals surface area contributed by atoms with Crippen molar-refractivity contribution in [1.82, 2.24) is 4.90 Å². The zero-order valence-electron chi connectivity index (χ0n) is 11.0. The topological polar surface area (TPSA) is 54.5 Å². The molecule has 0 aliphatic carbocycles. The number of imide groups is 1. The highest BCUT2D eigenvalue weighted by Crippen LogP contribution is 1.93. The van der Waals surface area contributed by atoms with Gasteiger partial charge in [-0.3, -0.25) is 19.3 Å². The molecule has 0 aromatic rings. The minimum Gasteiger partial charge on any atom is -0.300 e. The Morgan fingerprint density at radius 2 is 1.06 bits per heavy atom. The predicted octanol–water partition coefficient (Wildman–Crippen LogP) is 2.17. The lowest BCUT2D eigenvalue weighted by molar-refractivity contribution is -0.142. The molecule has 0 aliphatic rings. The van der Waals surface area contributed by atoms with Gasteiger partial charge < -0.3 is 0 Å². The van der Waals surface area contributed by atoms with Gasteiger partial charge in [-0.2, -0.15) is 0 Å². The molecule has 0 fully saturated rings. The van der Waals surface area contributed by atoms with E-state index in [0.29, 0.717) is 31.5 Å². The summed E-state index contributed by atoms with van der Waals surface area (Å²) >= 11 is 0. The molecule has 0 bridgehead atoms. The van der Waals surface area contributed by atoms with Crippen LogP contribution >= 0.6 is 0 Å². The first-order chi connectivity index (χ1) is 7.44. The standard InChI is InChI=1S/C7H13NO2.C5H10O/c1-4-6(9)8(3)7(10)5-2;1-3-5(6)4-2/h4-5H2,1-3H3;3-4H2,1-2H3. The second-order valence-electron chi connectivity index (χ2n) is 3.30. The Morgan fingerprint density at radius 1 is 0.750 bits per heavy atom. The van der Waals surface area contributed by atoms with Crippen molar-refractivity contribution in [3.05, 3.63) is 0 Å². The van der Waals surface area contributed by atoms with Crippen LogP contribution in [-0.4, -0.2) is 29.5 Å². The Kier molecular flexibility index (Phi) is 11.1. The Balaban J connectivity index is 0. The molecule has 0 aromatic heterocycles. The second kappa shape index (κ2) is 10.3. The minimum atomic E-state index is -0.119. The van der Waals surface area contributed by atoms with E-state index in [4.69, 9.17) is 0 Å². The summed E-state index contributed by atoms with van der Waals surface area (Å²) < 4.78 is 0. The van der Waals surface area contributed by atoms with E-state index >= 15 is 0 Å². The summed E-state index contributed by atoms with van der Waals surface area (Å²) in [6.07, 6.45) is 2.16. The Morgan fingerprint density at radius 3 is 1.19 bits per heavy atom. The SMILES string of the molecule is CCC(=O)CC.CCC(=O)N(C)C(=O)CC. The van der Waals surface area contributed by atoms with Crippen molar-refractivity contribution in [3.8, 4) is 0 Å². The second-order valence-corrected chi connectivity index (χ2v) is 3.30. The Hall–Kier alpha value is -1.19. The third kappa shape index (κ3) is 8.15. The lowest BCUT2D eigenvalue weighted by Crippen LogP contribution is -2.31. The maximum Gasteiger partial charge on any atom is 0.228 e. The number of amides is 2. The molecular weight excluding hydrogens is 206 g/mol. The van der Waals surface area contributed by atoms with Gasteiger partial charge in [-0.05, 0) is 0 Å². The van der Waals surface area contributed by atoms with Crippen LogP contribution in [0.15, 0.2) is 0 Å². The van der Waals surface area contributed by atoms with Gasteiger partial charge in [-0.1, -0.05) is 27.7 Å². The predicted molar refractivity (Wildman–Crippen MR) is 63.9 cm³/mol. The molecule has 0 aliphatic heterocycles. The van der Waals surface area contributed by atoms with Gasteiger partial charge in [0.25, 0.3) is 0 Å². The van der Waals surface area contributed by atoms with Crippen LogP contribution in [0, 0.1) is 0 Å². The van der Waals surface area contributed by atoms with E-state index in [1.54, 1.807) is 13.8 Å². The number of ketones is 1. The number of hydrogen-bond acceptors (Lipinski definition) is 3. The third-order valence-electron chi connectivity index (χ3n) is 2.14. The van der Waals surface area contributed by atoms with Gasteiger partial charge >= 0.3 is 0 Å². The molecule has 4 heteroatoms. The molecule has 0 rings (SSSR count). The molecule has 0 heterocycles. The van der Waals surface area contributed by atoms with Crippen molar-refractivity contribution in [3.63, 3.8) is 0 Å². The fraction of sp³-hybridized carbons (Fsp3) is 0.750. The number of rotatable bonds is 4. The molecule has 0 radical (unpaired) electrons. The van der Waals surface area contributed by atoms with Crippen molar-refractivity contribution >= 4 is 17.6 Å². The number of hydrogen-bond donors (Lipinski definition) is 0. The normalized spacial score (nSPS) is 8.81. The molecule has 0 aromatic carbocycles. The van der Waals surface area contributed by atoms with E-state index in [2.05, 4.69) is 0 Å². The van der Waals surface area contributed by atoms with Gasteiger partial charge in [-0.25, -0.2) is 0 Å². The quantitative estimate of drug-likeness (QED) is 0.742. The molecule has 0 unspecified atom stereocenters. The van der Waals surface area contributed by atoms with Crippen molar-refractivity contribution in [2.24, 2.45) is 0 Å². The van der Waals surface area contributed by atoms with Crippen molar-refractivity contribution < 1.29 is 14.4 Å². The molecule has 0 N–H and O–H groups in total. The number of nitrogens with zero attached hydrogens (tertiary/aromatic N) is 1. The van der Waals surface area contributed by atoms with E-state index in [0.717, 1.165) is 0 Å². The van der Waals surface area contributed by atoms with Gasteiger partial charge in [0.1, 0.15) is 5.78 Å². The van der Waals surface area contributed by atoms with Crippen molar-refractivity contribution in [2.75, 3.05) is 7.05 Å². The molecule has 94 valence electrons. The monoisotopic (exact) mass is 229 g/mol. The number of carbonyl (C=O) groups is 3. The zero-order chi connectivity index (χ0) is 13.1. The van der Waals surface area contributed by atoms with Crippen LogP contribution in [0.3, 0.4) is 0 Å². The summed E-state index contributed by atoms with van der Waals surface area (Å²) in [5, 5.41) is 0. The maximum atomic E-state index is 10.8. The van der Waals surface area contributed by atoms with E-state index in [1.165, 1.54) is 11.9 Å². The number of Topliss-reactive ketones (excluding diaryl/α,β-unsaturated/α-hetero) is 1. The van der Waals surface area contributed by atoms with Gasteiger partial charge in [0.15, 0.2) is 0 Å². The van der Waals surface area contributed by atoms with Crippen LogP contribution < -0.4 is 0 Å². The summed E-state index contributed by atoms with van der Waals surface area (Å²) in [5.41, 5.74) is 0. The summed E-state index contributed by atoms with van der Waals surface area (Å²) in [6, 6.07) is 0. The Labute approximate surface area is 98.0 Å². The lowest BCUT2D eigenvalue weighted by atomic mass is 10.3. The van der Waals surface area contributed by atoms with E-state index in [9.17, 15) is 14.4 Å². The molecule has 0 atom stereocenters. The molecule has 0 saturated heterocycles. The number of carbonyl (C=O) groups excluding carboxylic acids is 3. The van der Waals surface area contributed by atoms with Crippen LogP contribution in [0.2, 0.25) is 0 Å². The largest absolute Gasteiger partial charge is 0.300 e. The van der Waals surface area contributed by atoms with E-state index in [1.807, 2.05) is 13.8 Å². The van der Waals surface area contributed by atoms with Crippen molar-refractivity contribution in [2.45, 2.75) is 53.4 Å². The van der Waals surface area contributed by atoms with Gasteiger partial charge in [0.05, 0.1) is 0 Å². The molecule has 16 heavy (non-hydrogen) atoms. The van der Waals surface area contributed by atoms with E-state index < -0.39 is 0 Å². The average molecular weight is 229 g/mol. The average Bonchev–Trinajstić information content (AvgIpc) is 2.35. The van der Waals surface area contributed by atoms with Crippen LogP contribution in [0.5, 0.6) is 0 Å². The lowest BCUT2D eigenvalue weighted by Gasteiger charge is -2.12.